The summed E-state index contributed by atoms with van der Waals surface area (Å²) in [5, 5.41) is 0. The maximum Gasteiger partial charge on any atom is 0.305 e. The quantitative estimate of drug-likeness (QED) is 0.300. The van der Waals surface area contributed by atoms with Crippen LogP contribution in [-0.2, 0) is 28.6 Å². The van der Waals surface area contributed by atoms with Crippen molar-refractivity contribution in [3.05, 3.63) is 0 Å². The first-order valence-corrected chi connectivity index (χ1v) is 10.7. The maximum atomic E-state index is 11.8. The molecule has 6 nitrogen and oxygen atoms in total. The number of hydrogen-bond acceptors (Lipinski definition) is 6. The van der Waals surface area contributed by atoms with Crippen molar-refractivity contribution in [2.24, 2.45) is 11.8 Å². The van der Waals surface area contributed by atoms with Gasteiger partial charge in [0.25, 0.3) is 0 Å². The highest BCUT2D eigenvalue weighted by Crippen LogP contribution is 2.28. The number of rotatable bonds is 14. The monoisotopic (exact) mass is 416 g/mol. The number of ether oxygens (including phenoxy) is 3. The lowest BCUT2D eigenvalue weighted by atomic mass is 9.84. The normalized spacial score (nSPS) is 14.0. The van der Waals surface area contributed by atoms with Gasteiger partial charge in [0.15, 0.2) is 11.6 Å². The number of carbonyl (C=O) groups excluding carboxylic acids is 3. The smallest absolute Gasteiger partial charge is 0.305 e. The van der Waals surface area contributed by atoms with E-state index < -0.39 is 5.60 Å². The Morgan fingerprint density at radius 1 is 0.931 bits per heavy atom. The standard InChI is InChI=1S/C15H28O4.C8H16O2/c1-6-19-14(17)9-7-8-10-15(18-5,13(4)16)11-12(2)3;1-6(2)5-8(10-4)7(3)9/h12H,6-11H2,1-5H3;6,8H,5H2,1-4H3. The van der Waals surface area contributed by atoms with Gasteiger partial charge in [-0.15, -0.1) is 0 Å². The van der Waals surface area contributed by atoms with E-state index in [0.29, 0.717) is 31.3 Å². The van der Waals surface area contributed by atoms with Crippen molar-refractivity contribution in [1.82, 2.24) is 0 Å². The van der Waals surface area contributed by atoms with Crippen LogP contribution in [0.4, 0.5) is 0 Å². The molecule has 0 saturated carbocycles. The predicted molar refractivity (Wildman–Crippen MR) is 116 cm³/mol. The van der Waals surface area contributed by atoms with Gasteiger partial charge in [-0.05, 0) is 64.7 Å². The van der Waals surface area contributed by atoms with Crippen LogP contribution in [0.5, 0.6) is 0 Å². The summed E-state index contributed by atoms with van der Waals surface area (Å²) in [5.41, 5.74) is -0.692. The zero-order valence-corrected chi connectivity index (χ0v) is 20.1. The van der Waals surface area contributed by atoms with Crippen molar-refractivity contribution >= 4 is 17.5 Å². The number of carbonyl (C=O) groups is 3. The van der Waals surface area contributed by atoms with E-state index >= 15 is 0 Å². The van der Waals surface area contributed by atoms with Gasteiger partial charge in [0.2, 0.25) is 0 Å². The van der Waals surface area contributed by atoms with Crippen LogP contribution in [0.15, 0.2) is 0 Å². The van der Waals surface area contributed by atoms with E-state index in [1.54, 1.807) is 35.0 Å². The summed E-state index contributed by atoms with van der Waals surface area (Å²) in [6, 6.07) is 0. The summed E-state index contributed by atoms with van der Waals surface area (Å²) < 4.78 is 15.3. The highest BCUT2D eigenvalue weighted by atomic mass is 16.5. The predicted octanol–water partition coefficient (Wildman–Crippen LogP) is 4.77. The third-order valence-corrected chi connectivity index (χ3v) is 4.71. The summed E-state index contributed by atoms with van der Waals surface area (Å²) in [7, 11) is 3.17. The molecule has 6 heteroatoms. The second kappa shape index (κ2) is 16.5. The van der Waals surface area contributed by atoms with Gasteiger partial charge in [-0.1, -0.05) is 27.7 Å². The zero-order chi connectivity index (χ0) is 23.0. The second-order valence-corrected chi connectivity index (χ2v) is 8.33. The average Bonchev–Trinajstić information content (AvgIpc) is 2.62. The lowest BCUT2D eigenvalue weighted by Crippen LogP contribution is -2.40. The van der Waals surface area contributed by atoms with E-state index in [-0.39, 0.29) is 23.6 Å². The molecule has 0 amide bonds. The molecule has 0 N–H and O–H groups in total. The van der Waals surface area contributed by atoms with Crippen molar-refractivity contribution in [1.29, 1.82) is 0 Å². The largest absolute Gasteiger partial charge is 0.466 e. The van der Waals surface area contributed by atoms with Crippen LogP contribution in [0.25, 0.3) is 0 Å². The molecule has 0 spiro atoms. The van der Waals surface area contributed by atoms with Crippen molar-refractivity contribution in [2.45, 2.75) is 98.7 Å². The van der Waals surface area contributed by atoms with Crippen LogP contribution in [0.2, 0.25) is 0 Å². The lowest BCUT2D eigenvalue weighted by molar-refractivity contribution is -0.143. The van der Waals surface area contributed by atoms with Crippen LogP contribution in [-0.4, -0.2) is 50.1 Å². The Morgan fingerprint density at radius 3 is 1.83 bits per heavy atom. The highest BCUT2D eigenvalue weighted by molar-refractivity contribution is 5.85. The summed E-state index contributed by atoms with van der Waals surface area (Å²) >= 11 is 0. The number of esters is 1. The van der Waals surface area contributed by atoms with Crippen LogP contribution in [0.3, 0.4) is 0 Å². The van der Waals surface area contributed by atoms with E-state index in [1.165, 1.54) is 0 Å². The number of hydrogen-bond donors (Lipinski definition) is 0. The van der Waals surface area contributed by atoms with Crippen LogP contribution >= 0.6 is 0 Å². The van der Waals surface area contributed by atoms with E-state index in [0.717, 1.165) is 25.7 Å². The molecule has 0 bridgehead atoms. The fourth-order valence-electron chi connectivity index (χ4n) is 3.18. The molecular formula is C23H44O6. The Kier molecular flexibility index (Phi) is 17.0. The van der Waals surface area contributed by atoms with Gasteiger partial charge in [-0.25, -0.2) is 0 Å². The molecule has 0 fully saturated rings. The molecule has 0 aliphatic carbocycles. The zero-order valence-electron chi connectivity index (χ0n) is 20.1. The summed E-state index contributed by atoms with van der Waals surface area (Å²) in [6.45, 7) is 13.7. The first kappa shape index (κ1) is 29.9. The molecule has 0 rings (SSSR count). The van der Waals surface area contributed by atoms with Crippen molar-refractivity contribution in [3.8, 4) is 0 Å². The molecule has 2 unspecified atom stereocenters. The Morgan fingerprint density at radius 2 is 1.52 bits per heavy atom. The Labute approximate surface area is 178 Å². The average molecular weight is 417 g/mol. The summed E-state index contributed by atoms with van der Waals surface area (Å²) in [6.07, 6.45) is 3.95. The van der Waals surface area contributed by atoms with Crippen molar-refractivity contribution in [2.75, 3.05) is 20.8 Å². The van der Waals surface area contributed by atoms with Crippen molar-refractivity contribution < 1.29 is 28.6 Å². The molecule has 2 atom stereocenters. The van der Waals surface area contributed by atoms with Crippen molar-refractivity contribution in [3.63, 3.8) is 0 Å². The lowest BCUT2D eigenvalue weighted by Gasteiger charge is -2.31. The fraction of sp³-hybridized carbons (Fsp3) is 0.870. The van der Waals surface area contributed by atoms with E-state index in [2.05, 4.69) is 27.7 Å². The van der Waals surface area contributed by atoms with Gasteiger partial charge in [-0.2, -0.15) is 0 Å². The van der Waals surface area contributed by atoms with E-state index in [4.69, 9.17) is 14.2 Å². The summed E-state index contributed by atoms with van der Waals surface area (Å²) in [4.78, 5) is 33.9. The molecule has 0 radical (unpaired) electrons. The van der Waals surface area contributed by atoms with Gasteiger partial charge < -0.3 is 14.2 Å². The summed E-state index contributed by atoms with van der Waals surface area (Å²) in [5.74, 6) is 0.941. The molecule has 0 saturated heterocycles. The minimum absolute atomic E-state index is 0.0693. The number of unbranched alkanes of at least 4 members (excludes halogenated alkanes) is 1. The minimum atomic E-state index is -0.692. The van der Waals surface area contributed by atoms with Crippen LogP contribution in [0.1, 0.15) is 87.0 Å². The first-order chi connectivity index (χ1) is 13.4. The molecular weight excluding hydrogens is 372 g/mol. The molecule has 0 aromatic carbocycles. The molecule has 29 heavy (non-hydrogen) atoms. The third kappa shape index (κ3) is 14.4. The molecule has 0 aliphatic heterocycles. The SMILES string of the molecule is CCOC(=O)CCCCC(CC(C)C)(OC)C(C)=O.COC(CC(C)C)C(C)=O. The number of ketones is 2. The number of methoxy groups -OCH3 is 2. The maximum absolute atomic E-state index is 11.8. The van der Waals surface area contributed by atoms with Gasteiger partial charge in [0.05, 0.1) is 6.61 Å². The van der Waals surface area contributed by atoms with Crippen LogP contribution in [0, 0.1) is 11.8 Å². The second-order valence-electron chi connectivity index (χ2n) is 8.33. The first-order valence-electron chi connectivity index (χ1n) is 10.7. The molecule has 172 valence electrons. The molecule has 0 aromatic heterocycles. The minimum Gasteiger partial charge on any atom is -0.466 e. The Balaban J connectivity index is 0. The van der Waals surface area contributed by atoms with E-state index in [1.807, 2.05) is 0 Å². The van der Waals surface area contributed by atoms with Gasteiger partial charge in [0.1, 0.15) is 11.7 Å². The molecule has 0 heterocycles. The van der Waals surface area contributed by atoms with Gasteiger partial charge in [-0.3, -0.25) is 14.4 Å². The van der Waals surface area contributed by atoms with Gasteiger partial charge in [0, 0.05) is 20.6 Å². The van der Waals surface area contributed by atoms with Gasteiger partial charge >= 0.3 is 5.97 Å². The number of Topliss-reactive ketones (excluding diaryl/α,β-unsaturated/α-hetero) is 2. The third-order valence-electron chi connectivity index (χ3n) is 4.71. The Bertz CT molecular complexity index is 472. The fourth-order valence-corrected chi connectivity index (χ4v) is 3.18. The topological polar surface area (TPSA) is 78.9 Å². The molecule has 0 aromatic rings. The Hall–Kier alpha value is -1.27. The molecule has 0 aliphatic rings. The highest BCUT2D eigenvalue weighted by Gasteiger charge is 2.35. The van der Waals surface area contributed by atoms with Crippen LogP contribution < -0.4 is 0 Å². The van der Waals surface area contributed by atoms with E-state index in [9.17, 15) is 14.4 Å².